The summed E-state index contributed by atoms with van der Waals surface area (Å²) in [6, 6.07) is 11.7. The maximum Gasteiger partial charge on any atom is 0.254 e. The van der Waals surface area contributed by atoms with Crippen LogP contribution in [0.15, 0.2) is 48.7 Å². The van der Waals surface area contributed by atoms with E-state index in [-0.39, 0.29) is 23.9 Å². The predicted molar refractivity (Wildman–Crippen MR) is 118 cm³/mol. The molecule has 3 rings (SSSR count). The van der Waals surface area contributed by atoms with E-state index in [1.165, 1.54) is 6.20 Å². The van der Waals surface area contributed by atoms with Crippen molar-refractivity contribution in [1.29, 1.82) is 0 Å². The summed E-state index contributed by atoms with van der Waals surface area (Å²) in [5.41, 5.74) is 15.2. The number of nitrogens with two attached hydrogens (primary N) is 2. The highest BCUT2D eigenvalue weighted by Crippen LogP contribution is 2.24. The summed E-state index contributed by atoms with van der Waals surface area (Å²) in [6.07, 6.45) is 1.29. The minimum atomic E-state index is -0.916. The summed E-state index contributed by atoms with van der Waals surface area (Å²) < 4.78 is 0. The van der Waals surface area contributed by atoms with Crippen LogP contribution in [0.4, 0.5) is 17.5 Å². The molecule has 0 aliphatic rings. The van der Waals surface area contributed by atoms with Crippen molar-refractivity contribution in [1.82, 2.24) is 9.97 Å². The van der Waals surface area contributed by atoms with Crippen molar-refractivity contribution in [2.24, 2.45) is 11.5 Å². The number of aliphatic hydroxyl groups excluding tert-OH is 1. The molecular formula is C22H24N6O3. The number of primary amides is 2. The molecule has 2 amide bonds. The number of amides is 2. The number of carbonyl (C=O) groups excluding carboxylic acids is 2. The van der Waals surface area contributed by atoms with Gasteiger partial charge in [0.05, 0.1) is 6.61 Å². The molecule has 0 radical (unpaired) electrons. The lowest BCUT2D eigenvalue weighted by Gasteiger charge is -2.17. The van der Waals surface area contributed by atoms with Crippen LogP contribution in [-0.2, 0) is 11.4 Å². The fourth-order valence-corrected chi connectivity index (χ4v) is 3.17. The van der Waals surface area contributed by atoms with Gasteiger partial charge in [-0.1, -0.05) is 30.3 Å². The number of hydrogen-bond donors (Lipinski definition) is 5. The molecule has 0 aliphatic carbocycles. The van der Waals surface area contributed by atoms with Crippen LogP contribution in [0.2, 0.25) is 0 Å². The summed E-state index contributed by atoms with van der Waals surface area (Å²) in [7, 11) is 0. The highest BCUT2D eigenvalue weighted by molar-refractivity contribution is 5.98. The van der Waals surface area contributed by atoms with Crippen LogP contribution >= 0.6 is 0 Å². The van der Waals surface area contributed by atoms with Gasteiger partial charge >= 0.3 is 0 Å². The van der Waals surface area contributed by atoms with Gasteiger partial charge in [0.1, 0.15) is 17.4 Å². The lowest BCUT2D eigenvalue weighted by Crippen LogP contribution is -2.28. The number of benzene rings is 2. The Morgan fingerprint density at radius 1 is 1.06 bits per heavy atom. The zero-order valence-corrected chi connectivity index (χ0v) is 17.2. The smallest absolute Gasteiger partial charge is 0.254 e. The molecule has 9 heteroatoms. The minimum Gasteiger partial charge on any atom is -0.392 e. The molecular weight excluding hydrogens is 396 g/mol. The average Bonchev–Trinajstić information content (AvgIpc) is 2.71. The summed E-state index contributed by atoms with van der Waals surface area (Å²) in [5, 5.41) is 15.2. The van der Waals surface area contributed by atoms with Crippen LogP contribution in [0.25, 0.3) is 0 Å². The Morgan fingerprint density at radius 3 is 2.26 bits per heavy atom. The van der Waals surface area contributed by atoms with E-state index in [9.17, 15) is 14.7 Å². The van der Waals surface area contributed by atoms with Gasteiger partial charge in [0.25, 0.3) is 5.91 Å². The number of anilines is 3. The molecule has 0 fully saturated rings. The van der Waals surface area contributed by atoms with Crippen molar-refractivity contribution in [3.63, 3.8) is 0 Å². The van der Waals surface area contributed by atoms with Crippen LogP contribution in [0.3, 0.4) is 0 Å². The van der Waals surface area contributed by atoms with Crippen molar-refractivity contribution < 1.29 is 14.7 Å². The summed E-state index contributed by atoms with van der Waals surface area (Å²) in [4.78, 5) is 32.4. The minimum absolute atomic E-state index is 0.0897. The Balaban J connectivity index is 1.93. The molecule has 0 bridgehead atoms. The van der Waals surface area contributed by atoms with Crippen LogP contribution in [0, 0.1) is 13.8 Å². The molecule has 1 heterocycles. The predicted octanol–water partition coefficient (Wildman–Crippen LogP) is 2.07. The third-order valence-corrected chi connectivity index (χ3v) is 4.59. The first kappa shape index (κ1) is 21.7. The lowest BCUT2D eigenvalue weighted by molar-refractivity contribution is -0.118. The van der Waals surface area contributed by atoms with Gasteiger partial charge in [0.15, 0.2) is 0 Å². The zero-order chi connectivity index (χ0) is 22.5. The second-order valence-electron chi connectivity index (χ2n) is 7.20. The Hall–Kier alpha value is -3.98. The number of nitrogens with one attached hydrogen (secondary N) is 2. The van der Waals surface area contributed by atoms with Gasteiger partial charge in [0, 0.05) is 11.9 Å². The van der Waals surface area contributed by atoms with E-state index in [2.05, 4.69) is 20.6 Å². The van der Waals surface area contributed by atoms with E-state index in [1.54, 1.807) is 24.3 Å². The highest BCUT2D eigenvalue weighted by atomic mass is 16.3. The first-order valence-corrected chi connectivity index (χ1v) is 9.54. The number of aliphatic hydroxyl groups is 1. The standard InChI is InChI=1S/C22H24N6O3/c1-12-7-13(2)9-16(8-12)26-21-17(19(23)30)10-25-22(28-21)27-18(20(24)31)15-5-3-14(11-29)4-6-15/h3-10,18,29H,11H2,1-2H3,(H2,23,30)(H2,24,31)(H2,25,26,27,28)/t18-/m1/s1. The highest BCUT2D eigenvalue weighted by Gasteiger charge is 2.20. The van der Waals surface area contributed by atoms with Crippen molar-refractivity contribution in [3.8, 4) is 0 Å². The number of aryl methyl sites for hydroxylation is 2. The maximum absolute atomic E-state index is 12.0. The van der Waals surface area contributed by atoms with Crippen molar-refractivity contribution >= 4 is 29.3 Å². The van der Waals surface area contributed by atoms with E-state index < -0.39 is 17.9 Å². The van der Waals surface area contributed by atoms with Crippen LogP contribution in [0.5, 0.6) is 0 Å². The first-order chi connectivity index (χ1) is 14.8. The van der Waals surface area contributed by atoms with Gasteiger partial charge in [-0.2, -0.15) is 4.98 Å². The quantitative estimate of drug-likeness (QED) is 0.373. The monoisotopic (exact) mass is 420 g/mol. The summed E-state index contributed by atoms with van der Waals surface area (Å²) in [5.74, 6) is -1.03. The second-order valence-corrected chi connectivity index (χ2v) is 7.20. The third-order valence-electron chi connectivity index (χ3n) is 4.59. The van der Waals surface area contributed by atoms with Gasteiger partial charge in [-0.25, -0.2) is 4.98 Å². The molecule has 0 unspecified atom stereocenters. The van der Waals surface area contributed by atoms with Gasteiger partial charge < -0.3 is 27.2 Å². The lowest BCUT2D eigenvalue weighted by atomic mass is 10.0. The number of rotatable bonds is 8. The summed E-state index contributed by atoms with van der Waals surface area (Å²) >= 11 is 0. The molecule has 9 nitrogen and oxygen atoms in total. The molecule has 0 aliphatic heterocycles. The molecule has 1 aromatic heterocycles. The first-order valence-electron chi connectivity index (χ1n) is 9.54. The fourth-order valence-electron chi connectivity index (χ4n) is 3.17. The molecule has 160 valence electrons. The molecule has 0 saturated heterocycles. The second kappa shape index (κ2) is 9.23. The number of hydrogen-bond acceptors (Lipinski definition) is 7. The number of nitrogens with zero attached hydrogens (tertiary/aromatic N) is 2. The molecule has 0 saturated carbocycles. The SMILES string of the molecule is Cc1cc(C)cc(Nc2nc(N[C@@H](C(N)=O)c3ccc(CO)cc3)ncc2C(N)=O)c1. The Morgan fingerprint density at radius 2 is 1.71 bits per heavy atom. The molecule has 1 atom stereocenters. The maximum atomic E-state index is 12.0. The van der Waals surface area contributed by atoms with Gasteiger partial charge in [0.2, 0.25) is 11.9 Å². The fraction of sp³-hybridized carbons (Fsp3) is 0.182. The van der Waals surface area contributed by atoms with Gasteiger partial charge in [-0.3, -0.25) is 9.59 Å². The van der Waals surface area contributed by atoms with Crippen molar-refractivity contribution in [3.05, 3.63) is 76.5 Å². The molecule has 31 heavy (non-hydrogen) atoms. The van der Waals surface area contributed by atoms with E-state index >= 15 is 0 Å². The Kier molecular flexibility index (Phi) is 6.46. The van der Waals surface area contributed by atoms with Crippen LogP contribution in [0.1, 0.15) is 38.7 Å². The molecule has 0 spiro atoms. The topological polar surface area (TPSA) is 156 Å². The van der Waals surface area contributed by atoms with E-state index in [4.69, 9.17) is 11.5 Å². The van der Waals surface area contributed by atoms with E-state index in [0.29, 0.717) is 11.1 Å². The largest absolute Gasteiger partial charge is 0.392 e. The van der Waals surface area contributed by atoms with Crippen LogP contribution in [-0.4, -0.2) is 26.9 Å². The van der Waals surface area contributed by atoms with Gasteiger partial charge in [-0.05, 0) is 48.2 Å². The Labute approximate surface area is 179 Å². The van der Waals surface area contributed by atoms with Gasteiger partial charge in [-0.15, -0.1) is 0 Å². The van der Waals surface area contributed by atoms with E-state index in [0.717, 1.165) is 16.8 Å². The number of carbonyl (C=O) groups is 2. The Bertz CT molecular complexity index is 1090. The van der Waals surface area contributed by atoms with Crippen molar-refractivity contribution in [2.45, 2.75) is 26.5 Å². The summed E-state index contributed by atoms with van der Waals surface area (Å²) in [6.45, 7) is 3.80. The normalized spacial score (nSPS) is 11.6. The van der Waals surface area contributed by atoms with Crippen molar-refractivity contribution in [2.75, 3.05) is 10.6 Å². The average molecular weight is 420 g/mol. The molecule has 7 N–H and O–H groups in total. The molecule has 2 aromatic carbocycles. The van der Waals surface area contributed by atoms with E-state index in [1.807, 2.05) is 32.0 Å². The number of aromatic nitrogens is 2. The zero-order valence-electron chi connectivity index (χ0n) is 17.2. The molecule has 3 aromatic rings. The van der Waals surface area contributed by atoms with Crippen LogP contribution < -0.4 is 22.1 Å². The third kappa shape index (κ3) is 5.34.